The molecule has 0 atom stereocenters. The molecule has 0 amide bonds. The van der Waals surface area contributed by atoms with Crippen molar-refractivity contribution in [3.63, 3.8) is 0 Å². The second kappa shape index (κ2) is 8.21. The van der Waals surface area contributed by atoms with E-state index in [0.29, 0.717) is 19.5 Å². The first-order valence-electron chi connectivity index (χ1n) is 4.25. The molecule has 12 heavy (non-hydrogen) atoms. The summed E-state index contributed by atoms with van der Waals surface area (Å²) in [5, 5.41) is 2.97. The van der Waals surface area contributed by atoms with Crippen molar-refractivity contribution in [3.05, 3.63) is 25.3 Å². The number of hydrogen-bond acceptors (Lipinski definition) is 2. The molecular weight excluding hydrogens is 150 g/mol. The van der Waals surface area contributed by atoms with Crippen LogP contribution in [0.2, 0.25) is 0 Å². The van der Waals surface area contributed by atoms with Crippen LogP contribution in [-0.2, 0) is 4.79 Å². The van der Waals surface area contributed by atoms with Crippen LogP contribution >= 0.6 is 0 Å². The molecule has 0 unspecified atom stereocenters. The van der Waals surface area contributed by atoms with Gasteiger partial charge in [0, 0.05) is 13.0 Å². The van der Waals surface area contributed by atoms with Crippen LogP contribution in [0.3, 0.4) is 0 Å². The molecule has 1 N–H and O–H groups in total. The lowest BCUT2D eigenvalue weighted by Crippen LogP contribution is -2.22. The summed E-state index contributed by atoms with van der Waals surface area (Å²) in [6.45, 7) is 8.30. The maximum Gasteiger partial charge on any atom is 0.146 e. The first kappa shape index (κ1) is 11.1. The maximum atomic E-state index is 11.1. The van der Waals surface area contributed by atoms with E-state index in [2.05, 4.69) is 18.5 Å². The number of ketones is 1. The minimum atomic E-state index is 0.263. The Balaban J connectivity index is 3.21. The lowest BCUT2D eigenvalue weighted by molar-refractivity contribution is -0.118. The number of rotatable bonds is 8. The number of allylic oxidation sites excluding steroid dienone is 1. The smallest absolute Gasteiger partial charge is 0.146 e. The molecule has 0 saturated heterocycles. The standard InChI is InChI=1S/C10H17NO/c1-3-5-6-7-10(12)9-11-8-4-2/h3-4,11H,1-2,5-9H2. The number of nitrogens with one attached hydrogen (secondary N) is 1. The Morgan fingerprint density at radius 1 is 1.33 bits per heavy atom. The normalized spacial score (nSPS) is 9.33. The predicted octanol–water partition coefficient (Wildman–Crippen LogP) is 1.69. The van der Waals surface area contributed by atoms with Gasteiger partial charge in [0.1, 0.15) is 5.78 Å². The van der Waals surface area contributed by atoms with Gasteiger partial charge >= 0.3 is 0 Å². The van der Waals surface area contributed by atoms with Crippen molar-refractivity contribution >= 4 is 5.78 Å². The van der Waals surface area contributed by atoms with E-state index in [9.17, 15) is 4.79 Å². The molecule has 0 heterocycles. The highest BCUT2D eigenvalue weighted by Gasteiger charge is 1.98. The number of Topliss-reactive ketones (excluding diaryl/α,β-unsaturated/α-hetero) is 1. The van der Waals surface area contributed by atoms with Crippen LogP contribution in [0.4, 0.5) is 0 Å². The van der Waals surface area contributed by atoms with E-state index in [1.807, 2.05) is 6.08 Å². The fraction of sp³-hybridized carbons (Fsp3) is 0.500. The van der Waals surface area contributed by atoms with E-state index in [-0.39, 0.29) is 5.78 Å². The van der Waals surface area contributed by atoms with Crippen LogP contribution in [0.25, 0.3) is 0 Å². The van der Waals surface area contributed by atoms with Gasteiger partial charge in [0.15, 0.2) is 0 Å². The molecule has 0 aliphatic rings. The first-order valence-corrected chi connectivity index (χ1v) is 4.25. The van der Waals surface area contributed by atoms with Crippen molar-refractivity contribution in [1.82, 2.24) is 5.32 Å². The Hall–Kier alpha value is -0.890. The average molecular weight is 167 g/mol. The molecule has 2 heteroatoms. The largest absolute Gasteiger partial charge is 0.307 e. The van der Waals surface area contributed by atoms with Gasteiger partial charge in [-0.2, -0.15) is 0 Å². The maximum absolute atomic E-state index is 11.1. The van der Waals surface area contributed by atoms with Crippen molar-refractivity contribution in [2.45, 2.75) is 19.3 Å². The summed E-state index contributed by atoms with van der Waals surface area (Å²) >= 11 is 0. The van der Waals surface area contributed by atoms with E-state index in [4.69, 9.17) is 0 Å². The minimum absolute atomic E-state index is 0.263. The highest BCUT2D eigenvalue weighted by atomic mass is 16.1. The van der Waals surface area contributed by atoms with Crippen LogP contribution < -0.4 is 5.32 Å². The van der Waals surface area contributed by atoms with Crippen molar-refractivity contribution in [3.8, 4) is 0 Å². The summed E-state index contributed by atoms with van der Waals surface area (Å²) in [7, 11) is 0. The van der Waals surface area contributed by atoms with E-state index >= 15 is 0 Å². The summed E-state index contributed by atoms with van der Waals surface area (Å²) < 4.78 is 0. The van der Waals surface area contributed by atoms with Crippen LogP contribution in [0.1, 0.15) is 19.3 Å². The quantitative estimate of drug-likeness (QED) is 0.440. The van der Waals surface area contributed by atoms with Crippen molar-refractivity contribution in [1.29, 1.82) is 0 Å². The molecule has 0 fully saturated rings. The molecule has 0 bridgehead atoms. The van der Waals surface area contributed by atoms with Gasteiger partial charge in [-0.25, -0.2) is 0 Å². The van der Waals surface area contributed by atoms with Crippen LogP contribution in [0, 0.1) is 0 Å². The molecule has 0 aromatic rings. The molecular formula is C10H17NO. The monoisotopic (exact) mass is 167 g/mol. The molecule has 0 radical (unpaired) electrons. The molecule has 0 aromatic carbocycles. The topological polar surface area (TPSA) is 29.1 Å². The van der Waals surface area contributed by atoms with Gasteiger partial charge in [-0.3, -0.25) is 4.79 Å². The lowest BCUT2D eigenvalue weighted by atomic mass is 10.2. The fourth-order valence-corrected chi connectivity index (χ4v) is 0.846. The summed E-state index contributed by atoms with van der Waals surface area (Å²) in [6.07, 6.45) is 6.07. The van der Waals surface area contributed by atoms with E-state index in [0.717, 1.165) is 12.8 Å². The Morgan fingerprint density at radius 2 is 2.08 bits per heavy atom. The predicted molar refractivity (Wildman–Crippen MR) is 52.1 cm³/mol. The number of carbonyl (C=O) groups excluding carboxylic acids is 1. The minimum Gasteiger partial charge on any atom is -0.307 e. The van der Waals surface area contributed by atoms with Crippen molar-refractivity contribution in [2.75, 3.05) is 13.1 Å². The third-order valence-electron chi connectivity index (χ3n) is 1.47. The van der Waals surface area contributed by atoms with Gasteiger partial charge < -0.3 is 5.32 Å². The van der Waals surface area contributed by atoms with Gasteiger partial charge in [0.05, 0.1) is 6.54 Å². The summed E-state index contributed by atoms with van der Waals surface area (Å²) in [5.74, 6) is 0.263. The second-order valence-electron chi connectivity index (χ2n) is 2.64. The average Bonchev–Trinajstić information content (AvgIpc) is 2.06. The molecule has 0 saturated carbocycles. The number of hydrogen-bond donors (Lipinski definition) is 1. The van der Waals surface area contributed by atoms with Gasteiger partial charge in [-0.15, -0.1) is 13.2 Å². The lowest BCUT2D eigenvalue weighted by Gasteiger charge is -1.99. The van der Waals surface area contributed by atoms with E-state index in [1.165, 1.54) is 0 Å². The van der Waals surface area contributed by atoms with Gasteiger partial charge in [-0.1, -0.05) is 12.2 Å². The van der Waals surface area contributed by atoms with Gasteiger partial charge in [-0.05, 0) is 12.8 Å². The Morgan fingerprint density at radius 3 is 2.67 bits per heavy atom. The Bertz CT molecular complexity index is 136. The van der Waals surface area contributed by atoms with Crippen molar-refractivity contribution < 1.29 is 4.79 Å². The molecule has 0 aliphatic heterocycles. The highest BCUT2D eigenvalue weighted by Crippen LogP contribution is 1.95. The summed E-state index contributed by atoms with van der Waals surface area (Å²) in [4.78, 5) is 11.1. The Labute approximate surface area is 74.4 Å². The third kappa shape index (κ3) is 7.22. The highest BCUT2D eigenvalue weighted by molar-refractivity contribution is 5.80. The molecule has 0 aliphatic carbocycles. The zero-order valence-corrected chi connectivity index (χ0v) is 7.51. The van der Waals surface area contributed by atoms with Gasteiger partial charge in [0.2, 0.25) is 0 Å². The van der Waals surface area contributed by atoms with Crippen molar-refractivity contribution in [2.24, 2.45) is 0 Å². The Kier molecular flexibility index (Phi) is 7.60. The van der Waals surface area contributed by atoms with E-state index in [1.54, 1.807) is 6.08 Å². The summed E-state index contributed by atoms with van der Waals surface area (Å²) in [6, 6.07) is 0. The van der Waals surface area contributed by atoms with Crippen LogP contribution in [-0.4, -0.2) is 18.9 Å². The molecule has 0 spiro atoms. The van der Waals surface area contributed by atoms with Crippen LogP contribution in [0.5, 0.6) is 0 Å². The molecule has 0 aromatic heterocycles. The summed E-state index contributed by atoms with van der Waals surface area (Å²) in [5.41, 5.74) is 0. The third-order valence-corrected chi connectivity index (χ3v) is 1.47. The number of carbonyl (C=O) groups is 1. The van der Waals surface area contributed by atoms with Crippen LogP contribution in [0.15, 0.2) is 25.3 Å². The zero-order chi connectivity index (χ0) is 9.23. The first-order chi connectivity index (χ1) is 5.81. The molecule has 0 rings (SSSR count). The molecule has 2 nitrogen and oxygen atoms in total. The van der Waals surface area contributed by atoms with Gasteiger partial charge in [0.25, 0.3) is 0 Å². The molecule has 68 valence electrons. The SMILES string of the molecule is C=CCCCC(=O)CNCC=C. The second-order valence-corrected chi connectivity index (χ2v) is 2.64. The fourth-order valence-electron chi connectivity index (χ4n) is 0.846. The van der Waals surface area contributed by atoms with E-state index < -0.39 is 0 Å². The number of unbranched alkanes of at least 4 members (excludes halogenated alkanes) is 1. The zero-order valence-electron chi connectivity index (χ0n) is 7.51.